The highest BCUT2D eigenvalue weighted by Gasteiger charge is 2.22. The summed E-state index contributed by atoms with van der Waals surface area (Å²) in [6, 6.07) is 25.3. The Morgan fingerprint density at radius 1 is 0.875 bits per heavy atom. The van der Waals surface area contributed by atoms with E-state index in [0.717, 1.165) is 28.4 Å². The van der Waals surface area contributed by atoms with Gasteiger partial charge in [0.05, 0.1) is 10.5 Å². The molecule has 1 aromatic heterocycles. The number of halogens is 1. The number of ether oxygens (including phenoxy) is 1. The van der Waals surface area contributed by atoms with E-state index in [0.29, 0.717) is 16.4 Å². The zero-order valence-corrected chi connectivity index (χ0v) is 23.3. The molecular weight excluding hydrogens is 550 g/mol. The van der Waals surface area contributed by atoms with E-state index in [1.54, 1.807) is 12.1 Å². The summed E-state index contributed by atoms with van der Waals surface area (Å²) in [5.74, 6) is -1.34. The summed E-state index contributed by atoms with van der Waals surface area (Å²) >= 11 is 5.86. The van der Waals surface area contributed by atoms with Crippen molar-refractivity contribution >= 4 is 66.7 Å². The molecule has 10 heteroatoms. The van der Waals surface area contributed by atoms with Crippen molar-refractivity contribution in [1.29, 1.82) is 0 Å². The molecule has 1 heterocycles. The number of aryl methyl sites for hydroxylation is 1. The van der Waals surface area contributed by atoms with Crippen molar-refractivity contribution in [2.45, 2.75) is 31.4 Å². The van der Waals surface area contributed by atoms with E-state index in [1.165, 1.54) is 43.3 Å². The number of hydrogen-bond donors (Lipinski definition) is 2. The van der Waals surface area contributed by atoms with Gasteiger partial charge in [-0.05, 0) is 80.6 Å². The number of fused-ring (bicyclic) bond motifs is 3. The highest BCUT2D eigenvalue weighted by Crippen LogP contribution is 2.31. The molecule has 0 fully saturated rings. The predicted octanol–water partition coefficient (Wildman–Crippen LogP) is 6.45. The topological polar surface area (TPSA) is 106 Å². The van der Waals surface area contributed by atoms with Gasteiger partial charge >= 0.3 is 5.97 Å². The van der Waals surface area contributed by atoms with Gasteiger partial charge in [0, 0.05) is 44.7 Å². The van der Waals surface area contributed by atoms with Crippen molar-refractivity contribution in [1.82, 2.24) is 4.57 Å². The predicted molar refractivity (Wildman–Crippen MR) is 157 cm³/mol. The molecule has 2 N–H and O–H groups in total. The molecule has 0 aliphatic carbocycles. The first-order valence-corrected chi connectivity index (χ1v) is 14.4. The lowest BCUT2D eigenvalue weighted by Crippen LogP contribution is -2.30. The Balaban J connectivity index is 1.28. The first-order chi connectivity index (χ1) is 19.2. The molecule has 5 rings (SSSR count). The van der Waals surface area contributed by atoms with Gasteiger partial charge in [-0.25, -0.2) is 13.2 Å². The summed E-state index contributed by atoms with van der Waals surface area (Å²) in [6.07, 6.45) is -1.13. The van der Waals surface area contributed by atoms with Gasteiger partial charge in [-0.3, -0.25) is 9.52 Å². The molecule has 204 valence electrons. The Hall–Kier alpha value is -4.34. The minimum atomic E-state index is -3.98. The van der Waals surface area contributed by atoms with Crippen LogP contribution in [0.2, 0.25) is 5.02 Å². The van der Waals surface area contributed by atoms with Crippen LogP contribution in [-0.2, 0) is 26.1 Å². The Morgan fingerprint density at radius 2 is 1.57 bits per heavy atom. The lowest BCUT2D eigenvalue weighted by Gasteiger charge is -2.14. The molecule has 5 aromatic rings. The molecule has 0 radical (unpaired) electrons. The number of nitrogens with one attached hydrogen (secondary N) is 2. The number of hydrogen-bond acceptors (Lipinski definition) is 5. The van der Waals surface area contributed by atoms with Crippen molar-refractivity contribution in [2.75, 3.05) is 10.0 Å². The summed E-state index contributed by atoms with van der Waals surface area (Å²) < 4.78 is 35.7. The molecule has 0 aliphatic heterocycles. The van der Waals surface area contributed by atoms with Gasteiger partial charge in [-0.15, -0.1) is 0 Å². The molecule has 0 saturated carbocycles. The highest BCUT2D eigenvalue weighted by molar-refractivity contribution is 7.92. The summed E-state index contributed by atoms with van der Waals surface area (Å²) in [4.78, 5) is 25.6. The number of sulfonamides is 1. The first kappa shape index (κ1) is 27.2. The minimum absolute atomic E-state index is 0.00701. The maximum atomic E-state index is 12.9. The molecule has 1 amide bonds. The van der Waals surface area contributed by atoms with Crippen molar-refractivity contribution in [3.63, 3.8) is 0 Å². The monoisotopic (exact) mass is 575 g/mol. The number of nitrogens with zero attached hydrogens (tertiary/aromatic N) is 1. The highest BCUT2D eigenvalue weighted by atomic mass is 35.5. The first-order valence-electron chi connectivity index (χ1n) is 12.6. The second-order valence-corrected chi connectivity index (χ2v) is 11.3. The summed E-state index contributed by atoms with van der Waals surface area (Å²) in [5, 5.41) is 5.36. The zero-order valence-electron chi connectivity index (χ0n) is 21.7. The van der Waals surface area contributed by atoms with Crippen molar-refractivity contribution in [3.8, 4) is 0 Å². The molecule has 0 spiro atoms. The molecule has 0 bridgehead atoms. The number of esters is 1. The lowest BCUT2D eigenvalue weighted by molar-refractivity contribution is -0.123. The number of carbonyl (C=O) groups is 2. The third-order valence-electron chi connectivity index (χ3n) is 6.49. The van der Waals surface area contributed by atoms with Gasteiger partial charge in [0.2, 0.25) is 0 Å². The van der Waals surface area contributed by atoms with Crippen LogP contribution < -0.4 is 10.0 Å². The molecule has 8 nitrogen and oxygen atoms in total. The fourth-order valence-electron chi connectivity index (χ4n) is 4.52. The average molecular weight is 576 g/mol. The summed E-state index contributed by atoms with van der Waals surface area (Å²) in [6.45, 7) is 4.35. The number of anilines is 2. The van der Waals surface area contributed by atoms with Crippen LogP contribution in [0.1, 0.15) is 24.2 Å². The second-order valence-electron chi connectivity index (χ2n) is 9.17. The van der Waals surface area contributed by atoms with Gasteiger partial charge in [0.1, 0.15) is 0 Å². The fourth-order valence-corrected chi connectivity index (χ4v) is 5.75. The Morgan fingerprint density at radius 3 is 2.33 bits per heavy atom. The molecular formula is C30H26ClN3O5S. The number of amides is 1. The summed E-state index contributed by atoms with van der Waals surface area (Å²) in [7, 11) is -3.98. The van der Waals surface area contributed by atoms with E-state index in [-0.39, 0.29) is 10.5 Å². The van der Waals surface area contributed by atoms with Crippen LogP contribution in [0.4, 0.5) is 11.4 Å². The van der Waals surface area contributed by atoms with E-state index in [1.807, 2.05) is 36.4 Å². The van der Waals surface area contributed by atoms with Crippen LogP contribution in [0, 0.1) is 0 Å². The van der Waals surface area contributed by atoms with Gasteiger partial charge < -0.3 is 14.6 Å². The zero-order chi connectivity index (χ0) is 28.4. The Labute approximate surface area is 236 Å². The number of benzene rings is 4. The van der Waals surface area contributed by atoms with Gasteiger partial charge in [-0.2, -0.15) is 0 Å². The number of carbonyl (C=O) groups excluding carboxylic acids is 2. The quantitative estimate of drug-likeness (QED) is 0.207. The average Bonchev–Trinajstić information content (AvgIpc) is 3.27. The maximum Gasteiger partial charge on any atom is 0.338 e. The smallest absolute Gasteiger partial charge is 0.338 e. The molecule has 0 saturated heterocycles. The van der Waals surface area contributed by atoms with Gasteiger partial charge in [0.15, 0.2) is 6.10 Å². The van der Waals surface area contributed by atoms with Crippen LogP contribution in [-0.4, -0.2) is 31.0 Å². The van der Waals surface area contributed by atoms with Crippen molar-refractivity contribution < 1.29 is 22.7 Å². The van der Waals surface area contributed by atoms with E-state index in [9.17, 15) is 18.0 Å². The van der Waals surface area contributed by atoms with E-state index < -0.39 is 28.0 Å². The van der Waals surface area contributed by atoms with Crippen molar-refractivity contribution in [3.05, 3.63) is 102 Å². The molecule has 1 atom stereocenters. The van der Waals surface area contributed by atoms with Gasteiger partial charge in [-0.1, -0.05) is 35.9 Å². The number of rotatable bonds is 8. The fraction of sp³-hybridized carbons (Fsp3) is 0.133. The molecule has 0 aliphatic rings. The third-order valence-corrected chi connectivity index (χ3v) is 8.12. The van der Waals surface area contributed by atoms with Crippen LogP contribution >= 0.6 is 11.6 Å². The molecule has 40 heavy (non-hydrogen) atoms. The second kappa shape index (κ2) is 11.0. The van der Waals surface area contributed by atoms with Crippen molar-refractivity contribution in [2.24, 2.45) is 0 Å². The van der Waals surface area contributed by atoms with Crippen LogP contribution in [0.15, 0.2) is 95.9 Å². The normalized spacial score (nSPS) is 12.3. The van der Waals surface area contributed by atoms with E-state index >= 15 is 0 Å². The van der Waals surface area contributed by atoms with E-state index in [4.69, 9.17) is 16.3 Å². The molecule has 4 aromatic carbocycles. The minimum Gasteiger partial charge on any atom is -0.449 e. The summed E-state index contributed by atoms with van der Waals surface area (Å²) in [5.41, 5.74) is 3.05. The molecule has 0 unspecified atom stereocenters. The maximum absolute atomic E-state index is 12.9. The van der Waals surface area contributed by atoms with Crippen LogP contribution in [0.3, 0.4) is 0 Å². The van der Waals surface area contributed by atoms with Gasteiger partial charge in [0.25, 0.3) is 15.9 Å². The number of aromatic nitrogens is 1. The SMILES string of the molecule is CCn1c2ccccc2c2cc(NC(=O)[C@@H](C)OC(=O)c3cccc(S(=O)(=O)Nc4ccc(Cl)cc4)c3)ccc21. The Bertz CT molecular complexity index is 1850. The number of para-hydroxylation sites is 1. The van der Waals surface area contributed by atoms with E-state index in [2.05, 4.69) is 27.6 Å². The standard InChI is InChI=1S/C30H26ClN3O5S/c1-3-34-27-10-5-4-9-25(27)26-18-23(15-16-28(26)34)32-29(35)19(2)39-30(36)20-7-6-8-24(17-20)40(37,38)33-22-13-11-21(31)12-14-22/h4-19,33H,3H2,1-2H3,(H,32,35)/t19-/m1/s1. The largest absolute Gasteiger partial charge is 0.449 e. The third kappa shape index (κ3) is 5.52. The Kier molecular flexibility index (Phi) is 7.51. The lowest BCUT2D eigenvalue weighted by atomic mass is 10.1. The van der Waals surface area contributed by atoms with Crippen LogP contribution in [0.5, 0.6) is 0 Å². The van der Waals surface area contributed by atoms with Crippen LogP contribution in [0.25, 0.3) is 21.8 Å².